The second kappa shape index (κ2) is 9.15. The van der Waals surface area contributed by atoms with E-state index >= 15 is 0 Å². The maximum Gasteiger partial charge on any atom is 0.223 e. The van der Waals surface area contributed by atoms with Crippen molar-refractivity contribution >= 4 is 11.8 Å². The number of nitrogens with zero attached hydrogens (tertiary/aromatic N) is 2. The molecule has 3 aromatic rings. The molecule has 0 spiro atoms. The molecule has 0 unspecified atom stereocenters. The van der Waals surface area contributed by atoms with Crippen LogP contribution in [0.15, 0.2) is 53.7 Å². The first-order valence-electron chi connectivity index (χ1n) is 9.17. The Labute approximate surface area is 168 Å². The van der Waals surface area contributed by atoms with E-state index in [-0.39, 0.29) is 0 Å². The van der Waals surface area contributed by atoms with Crippen LogP contribution in [0.4, 0.5) is 8.78 Å². The van der Waals surface area contributed by atoms with E-state index in [2.05, 4.69) is 23.8 Å². The summed E-state index contributed by atoms with van der Waals surface area (Å²) in [5.74, 6) is 0.313. The highest BCUT2D eigenvalue weighted by molar-refractivity contribution is 7.98. The SMILES string of the molecule is CCc1cc(Oc2ccccc2C(C)C)nc(SCc2ccc(F)c(F)c2)n1. The van der Waals surface area contributed by atoms with E-state index in [4.69, 9.17) is 4.74 Å². The van der Waals surface area contributed by atoms with Crippen LogP contribution in [0.1, 0.15) is 43.5 Å². The summed E-state index contributed by atoms with van der Waals surface area (Å²) >= 11 is 1.36. The Morgan fingerprint density at radius 1 is 1.00 bits per heavy atom. The van der Waals surface area contributed by atoms with Gasteiger partial charge in [0.15, 0.2) is 16.8 Å². The molecule has 6 heteroatoms. The van der Waals surface area contributed by atoms with Gasteiger partial charge in [0.05, 0.1) is 0 Å². The molecule has 0 aliphatic carbocycles. The molecule has 0 aliphatic rings. The molecule has 0 amide bonds. The second-order valence-electron chi connectivity index (χ2n) is 6.67. The normalized spacial score (nSPS) is 11.1. The first-order chi connectivity index (χ1) is 13.5. The number of rotatable bonds is 7. The quantitative estimate of drug-likeness (QED) is 0.334. The number of aryl methyl sites for hydroxylation is 1. The lowest BCUT2D eigenvalue weighted by Gasteiger charge is -2.14. The van der Waals surface area contributed by atoms with Gasteiger partial charge in [-0.2, -0.15) is 4.98 Å². The third-order valence-electron chi connectivity index (χ3n) is 4.20. The van der Waals surface area contributed by atoms with Crippen LogP contribution in [0.3, 0.4) is 0 Å². The zero-order valence-electron chi connectivity index (χ0n) is 16.1. The number of aromatic nitrogens is 2. The minimum Gasteiger partial charge on any atom is -0.439 e. The van der Waals surface area contributed by atoms with E-state index in [1.165, 1.54) is 17.8 Å². The zero-order valence-corrected chi connectivity index (χ0v) is 16.9. The van der Waals surface area contributed by atoms with Gasteiger partial charge in [-0.05, 0) is 41.7 Å². The monoisotopic (exact) mass is 400 g/mol. The first-order valence-corrected chi connectivity index (χ1v) is 10.2. The highest BCUT2D eigenvalue weighted by Gasteiger charge is 2.12. The summed E-state index contributed by atoms with van der Waals surface area (Å²) in [4.78, 5) is 9.00. The molecule has 0 saturated carbocycles. The van der Waals surface area contributed by atoms with E-state index in [0.717, 1.165) is 29.5 Å². The average molecular weight is 400 g/mol. The van der Waals surface area contributed by atoms with Gasteiger partial charge in [-0.25, -0.2) is 13.8 Å². The van der Waals surface area contributed by atoms with Gasteiger partial charge in [-0.3, -0.25) is 0 Å². The highest BCUT2D eigenvalue weighted by Crippen LogP contribution is 2.31. The molecule has 0 saturated heterocycles. The molecule has 3 nitrogen and oxygen atoms in total. The molecule has 0 aliphatic heterocycles. The Morgan fingerprint density at radius 3 is 2.50 bits per heavy atom. The summed E-state index contributed by atoms with van der Waals surface area (Å²) in [6.07, 6.45) is 0.740. The van der Waals surface area contributed by atoms with Gasteiger partial charge < -0.3 is 4.74 Å². The molecule has 0 fully saturated rings. The van der Waals surface area contributed by atoms with Crippen molar-refractivity contribution in [1.82, 2.24) is 9.97 Å². The van der Waals surface area contributed by atoms with Crippen LogP contribution in [-0.4, -0.2) is 9.97 Å². The van der Waals surface area contributed by atoms with E-state index < -0.39 is 11.6 Å². The number of hydrogen-bond donors (Lipinski definition) is 0. The van der Waals surface area contributed by atoms with Crippen molar-refractivity contribution in [1.29, 1.82) is 0 Å². The summed E-state index contributed by atoms with van der Waals surface area (Å²) in [7, 11) is 0. The van der Waals surface area contributed by atoms with Gasteiger partial charge in [-0.15, -0.1) is 0 Å². The minimum absolute atomic E-state index is 0.325. The summed E-state index contributed by atoms with van der Waals surface area (Å²) in [6.45, 7) is 6.24. The zero-order chi connectivity index (χ0) is 20.1. The van der Waals surface area contributed by atoms with Gasteiger partial charge in [0.2, 0.25) is 5.88 Å². The Hall–Kier alpha value is -2.47. The maximum absolute atomic E-state index is 13.4. The summed E-state index contributed by atoms with van der Waals surface area (Å²) in [5, 5.41) is 0.543. The van der Waals surface area contributed by atoms with Gasteiger partial charge in [0, 0.05) is 17.5 Å². The number of ether oxygens (including phenoxy) is 1. The van der Waals surface area contributed by atoms with Gasteiger partial charge in [0.1, 0.15) is 5.75 Å². The first kappa shape index (κ1) is 20.3. The van der Waals surface area contributed by atoms with Crippen LogP contribution in [0.25, 0.3) is 0 Å². The van der Waals surface area contributed by atoms with Gasteiger partial charge >= 0.3 is 0 Å². The van der Waals surface area contributed by atoms with Gasteiger partial charge in [0.25, 0.3) is 0 Å². The molecule has 0 bridgehead atoms. The summed E-state index contributed by atoms with van der Waals surface area (Å²) in [6, 6.07) is 13.6. The Balaban J connectivity index is 1.81. The average Bonchev–Trinajstić information content (AvgIpc) is 2.69. The molecule has 2 aromatic carbocycles. The fraction of sp³-hybridized carbons (Fsp3) is 0.273. The number of halogens is 2. The molecule has 3 rings (SSSR count). The molecule has 0 radical (unpaired) electrons. The van der Waals surface area contributed by atoms with E-state index in [9.17, 15) is 8.78 Å². The van der Waals surface area contributed by atoms with Crippen LogP contribution >= 0.6 is 11.8 Å². The predicted octanol–water partition coefficient (Wildman–Crippen LogP) is 6.53. The van der Waals surface area contributed by atoms with Crippen molar-refractivity contribution in [3.05, 3.63) is 77.0 Å². The minimum atomic E-state index is -0.851. The lowest BCUT2D eigenvalue weighted by Crippen LogP contribution is -1.99. The van der Waals surface area contributed by atoms with E-state index in [1.807, 2.05) is 37.3 Å². The third-order valence-corrected chi connectivity index (χ3v) is 5.12. The molecule has 0 N–H and O–H groups in total. The smallest absolute Gasteiger partial charge is 0.223 e. The standard InChI is InChI=1S/C22H22F2N2OS/c1-4-16-12-21(27-20-8-6-5-7-17(20)14(2)3)26-22(25-16)28-13-15-9-10-18(23)19(24)11-15/h5-12,14H,4,13H2,1-3H3. The number of benzene rings is 2. The van der Waals surface area contributed by atoms with Crippen molar-refractivity contribution in [2.24, 2.45) is 0 Å². The number of thioether (sulfide) groups is 1. The molecular weight excluding hydrogens is 378 g/mol. The maximum atomic E-state index is 13.4. The van der Waals surface area contributed by atoms with Crippen molar-refractivity contribution in [2.45, 2.75) is 44.0 Å². The Kier molecular flexibility index (Phi) is 6.62. The Bertz CT molecular complexity index is 963. The summed E-state index contributed by atoms with van der Waals surface area (Å²) in [5.41, 5.74) is 2.64. The van der Waals surface area contributed by atoms with E-state index in [1.54, 1.807) is 6.07 Å². The lowest BCUT2D eigenvalue weighted by atomic mass is 10.0. The number of para-hydroxylation sites is 1. The van der Waals surface area contributed by atoms with Crippen molar-refractivity contribution in [3.8, 4) is 11.6 Å². The largest absolute Gasteiger partial charge is 0.439 e. The van der Waals surface area contributed by atoms with Crippen LogP contribution < -0.4 is 4.74 Å². The summed E-state index contributed by atoms with van der Waals surface area (Å²) < 4.78 is 32.6. The Morgan fingerprint density at radius 2 is 1.79 bits per heavy atom. The van der Waals surface area contributed by atoms with Crippen LogP contribution in [0.2, 0.25) is 0 Å². The van der Waals surface area contributed by atoms with Crippen LogP contribution in [-0.2, 0) is 12.2 Å². The topological polar surface area (TPSA) is 35.0 Å². The highest BCUT2D eigenvalue weighted by atomic mass is 32.2. The van der Waals surface area contributed by atoms with Crippen molar-refractivity contribution in [2.75, 3.05) is 0 Å². The van der Waals surface area contributed by atoms with Crippen molar-refractivity contribution in [3.63, 3.8) is 0 Å². The molecule has 146 valence electrons. The second-order valence-corrected chi connectivity index (χ2v) is 7.61. The lowest BCUT2D eigenvalue weighted by molar-refractivity contribution is 0.446. The molecule has 1 heterocycles. The van der Waals surface area contributed by atoms with Crippen LogP contribution in [0.5, 0.6) is 11.6 Å². The predicted molar refractivity (Wildman–Crippen MR) is 108 cm³/mol. The van der Waals surface area contributed by atoms with E-state index in [0.29, 0.717) is 28.3 Å². The third kappa shape index (κ3) is 5.07. The fourth-order valence-electron chi connectivity index (χ4n) is 2.69. The molecular formula is C22H22F2N2OS. The van der Waals surface area contributed by atoms with Gasteiger partial charge in [-0.1, -0.05) is 56.8 Å². The molecule has 1 aromatic heterocycles. The molecule has 0 atom stereocenters. The van der Waals surface area contributed by atoms with Crippen molar-refractivity contribution < 1.29 is 13.5 Å². The fourth-order valence-corrected chi connectivity index (χ4v) is 3.50. The number of hydrogen-bond acceptors (Lipinski definition) is 4. The molecule has 28 heavy (non-hydrogen) atoms. The van der Waals surface area contributed by atoms with Crippen LogP contribution in [0, 0.1) is 11.6 Å².